The Labute approximate surface area is 190 Å². The van der Waals surface area contributed by atoms with Crippen LogP contribution in [0.5, 0.6) is 0 Å². The Hall–Kier alpha value is -0.700. The van der Waals surface area contributed by atoms with E-state index in [0.29, 0.717) is 0 Å². The largest absolute Gasteiger partial charge is 0.0904 e. The minimum Gasteiger partial charge on any atom is -0.0904 e. The van der Waals surface area contributed by atoms with Gasteiger partial charge in [0.05, 0.1) is 0 Å². The van der Waals surface area contributed by atoms with E-state index in [4.69, 9.17) is 0 Å². The fourth-order valence-electron chi connectivity index (χ4n) is 3.83. The van der Waals surface area contributed by atoms with Gasteiger partial charge in [-0.2, -0.15) is 0 Å². The Balaban J connectivity index is 1.27. The Morgan fingerprint density at radius 3 is 0.967 bits per heavy atom. The average Bonchev–Trinajstić information content (AvgIpc) is 2.76. The standard InChI is InChI=1S/C28H44P2/c1-25-15-19-27(20-16-25)29-23-13-11-9-7-5-3-4-6-8-10-12-14-24-30-28-21-17-26(2)18-22-28/h15-22,29-30H,3-14,23-24H2,1-2H3. The number of benzene rings is 2. The van der Waals surface area contributed by atoms with Gasteiger partial charge in [0.2, 0.25) is 0 Å². The van der Waals surface area contributed by atoms with E-state index in [1.54, 1.807) is 0 Å². The van der Waals surface area contributed by atoms with Crippen LogP contribution in [0.4, 0.5) is 0 Å². The lowest BCUT2D eigenvalue weighted by Gasteiger charge is -2.05. The third-order valence-corrected chi connectivity index (χ3v) is 8.56. The first-order valence-electron chi connectivity index (χ1n) is 12.3. The maximum Gasteiger partial charge on any atom is -0.0271 e. The predicted octanol–water partition coefficient (Wildman–Crippen LogP) is 8.29. The SMILES string of the molecule is Cc1ccc(PCCCCCCCCCCCCCCPc2ccc(C)cc2)cc1. The van der Waals surface area contributed by atoms with Crippen LogP contribution < -0.4 is 10.6 Å². The molecule has 0 N–H and O–H groups in total. The molecule has 0 saturated heterocycles. The van der Waals surface area contributed by atoms with Crippen LogP contribution in [0.1, 0.15) is 88.2 Å². The van der Waals surface area contributed by atoms with Gasteiger partial charge in [-0.3, -0.25) is 0 Å². The molecule has 0 nitrogen and oxygen atoms in total. The van der Waals surface area contributed by atoms with Crippen LogP contribution in [0, 0.1) is 13.8 Å². The second-order valence-corrected chi connectivity index (χ2v) is 11.7. The first kappa shape index (κ1) is 25.6. The molecule has 0 aromatic heterocycles. The molecule has 0 aliphatic heterocycles. The summed E-state index contributed by atoms with van der Waals surface area (Å²) in [5.41, 5.74) is 2.75. The van der Waals surface area contributed by atoms with E-state index < -0.39 is 0 Å². The summed E-state index contributed by atoms with van der Waals surface area (Å²) < 4.78 is 0. The van der Waals surface area contributed by atoms with Gasteiger partial charge in [0.25, 0.3) is 0 Å². The molecular weight excluding hydrogens is 398 g/mol. The van der Waals surface area contributed by atoms with Gasteiger partial charge in [-0.05, 0) is 49.6 Å². The van der Waals surface area contributed by atoms with E-state index in [1.807, 2.05) is 0 Å². The minimum atomic E-state index is 1.00. The van der Waals surface area contributed by atoms with E-state index in [9.17, 15) is 0 Å². The van der Waals surface area contributed by atoms with Crippen molar-refractivity contribution in [2.24, 2.45) is 0 Å². The fourth-order valence-corrected chi connectivity index (χ4v) is 6.06. The molecule has 0 spiro atoms. The molecule has 2 unspecified atom stereocenters. The number of hydrogen-bond donors (Lipinski definition) is 0. The van der Waals surface area contributed by atoms with Crippen molar-refractivity contribution in [2.45, 2.75) is 90.9 Å². The lowest BCUT2D eigenvalue weighted by atomic mass is 10.1. The van der Waals surface area contributed by atoms with Crippen LogP contribution in [-0.4, -0.2) is 12.3 Å². The van der Waals surface area contributed by atoms with Gasteiger partial charge < -0.3 is 0 Å². The topological polar surface area (TPSA) is 0 Å². The molecule has 0 aliphatic carbocycles. The van der Waals surface area contributed by atoms with Crippen LogP contribution in [0.3, 0.4) is 0 Å². The second-order valence-electron chi connectivity index (χ2n) is 8.83. The molecular formula is C28H44P2. The zero-order chi connectivity index (χ0) is 21.3. The summed E-state index contributed by atoms with van der Waals surface area (Å²) in [6.07, 6.45) is 20.1. The fraction of sp³-hybridized carbons (Fsp3) is 0.571. The molecule has 0 fully saturated rings. The molecule has 2 aromatic carbocycles. The van der Waals surface area contributed by atoms with Crippen molar-refractivity contribution in [3.63, 3.8) is 0 Å². The molecule has 0 bridgehead atoms. The van der Waals surface area contributed by atoms with Crippen molar-refractivity contribution in [1.29, 1.82) is 0 Å². The molecule has 0 heterocycles. The van der Waals surface area contributed by atoms with E-state index in [0.717, 1.165) is 17.2 Å². The molecule has 0 amide bonds. The van der Waals surface area contributed by atoms with E-state index in [2.05, 4.69) is 62.4 Å². The first-order valence-corrected chi connectivity index (χ1v) is 14.8. The molecule has 30 heavy (non-hydrogen) atoms. The van der Waals surface area contributed by atoms with Crippen molar-refractivity contribution in [2.75, 3.05) is 12.3 Å². The Bertz CT molecular complexity index is 586. The van der Waals surface area contributed by atoms with Gasteiger partial charge >= 0.3 is 0 Å². The summed E-state index contributed by atoms with van der Waals surface area (Å²) >= 11 is 0. The van der Waals surface area contributed by atoms with Crippen LogP contribution in [0.15, 0.2) is 48.5 Å². The van der Waals surface area contributed by atoms with Crippen LogP contribution in [-0.2, 0) is 0 Å². The van der Waals surface area contributed by atoms with Crippen molar-refractivity contribution in [3.8, 4) is 0 Å². The normalized spacial score (nSPS) is 11.9. The summed E-state index contributed by atoms with van der Waals surface area (Å²) in [4.78, 5) is 0. The number of aryl methyl sites for hydroxylation is 2. The molecule has 0 radical (unpaired) electrons. The van der Waals surface area contributed by atoms with Crippen LogP contribution in [0.25, 0.3) is 0 Å². The number of hydrogen-bond acceptors (Lipinski definition) is 0. The number of unbranched alkanes of at least 4 members (excludes halogenated alkanes) is 11. The highest BCUT2D eigenvalue weighted by Crippen LogP contribution is 2.17. The molecule has 2 aromatic rings. The third kappa shape index (κ3) is 12.9. The zero-order valence-corrected chi connectivity index (χ0v) is 21.5. The van der Waals surface area contributed by atoms with Crippen molar-refractivity contribution >= 4 is 27.8 Å². The second kappa shape index (κ2) is 16.9. The van der Waals surface area contributed by atoms with Crippen molar-refractivity contribution in [3.05, 3.63) is 59.7 Å². The Kier molecular flexibility index (Phi) is 14.4. The summed E-state index contributed by atoms with van der Waals surface area (Å²) in [6.45, 7) is 4.34. The van der Waals surface area contributed by atoms with E-state index >= 15 is 0 Å². The molecule has 0 saturated carbocycles. The highest BCUT2D eigenvalue weighted by atomic mass is 31.1. The number of rotatable bonds is 17. The van der Waals surface area contributed by atoms with Gasteiger partial charge in [-0.25, -0.2) is 0 Å². The van der Waals surface area contributed by atoms with Crippen molar-refractivity contribution in [1.82, 2.24) is 0 Å². The smallest absolute Gasteiger partial charge is 0.0271 e. The monoisotopic (exact) mass is 442 g/mol. The van der Waals surface area contributed by atoms with Gasteiger partial charge in [-0.15, -0.1) is 0 Å². The van der Waals surface area contributed by atoms with E-state index in [-0.39, 0.29) is 0 Å². The first-order chi connectivity index (χ1) is 14.7. The lowest BCUT2D eigenvalue weighted by Crippen LogP contribution is -1.95. The highest BCUT2D eigenvalue weighted by Gasteiger charge is 1.97. The van der Waals surface area contributed by atoms with Gasteiger partial charge in [0, 0.05) is 0 Å². The van der Waals surface area contributed by atoms with Gasteiger partial charge in [-0.1, -0.05) is 141 Å². The zero-order valence-electron chi connectivity index (χ0n) is 19.5. The molecule has 2 heteroatoms. The quantitative estimate of drug-likeness (QED) is 0.171. The van der Waals surface area contributed by atoms with Crippen molar-refractivity contribution < 1.29 is 0 Å². The van der Waals surface area contributed by atoms with E-state index in [1.165, 1.54) is 111 Å². The van der Waals surface area contributed by atoms with Gasteiger partial charge in [0.15, 0.2) is 0 Å². The maximum absolute atomic E-state index is 2.31. The molecule has 0 aliphatic rings. The summed E-state index contributed by atoms with van der Waals surface area (Å²) in [5.74, 6) is 0. The lowest BCUT2D eigenvalue weighted by molar-refractivity contribution is 0.549. The molecule has 2 atom stereocenters. The highest BCUT2D eigenvalue weighted by molar-refractivity contribution is 7.47. The Morgan fingerprint density at radius 1 is 0.400 bits per heavy atom. The summed E-state index contributed by atoms with van der Waals surface area (Å²) in [6, 6.07) is 18.2. The predicted molar refractivity (Wildman–Crippen MR) is 143 cm³/mol. The van der Waals surface area contributed by atoms with Crippen LogP contribution >= 0.6 is 17.2 Å². The molecule has 2 rings (SSSR count). The summed E-state index contributed by atoms with van der Waals surface area (Å²) in [7, 11) is 2.01. The molecule has 166 valence electrons. The average molecular weight is 443 g/mol. The minimum absolute atomic E-state index is 1.00. The van der Waals surface area contributed by atoms with Gasteiger partial charge in [0.1, 0.15) is 0 Å². The Morgan fingerprint density at radius 2 is 0.667 bits per heavy atom. The third-order valence-electron chi connectivity index (χ3n) is 5.86. The summed E-state index contributed by atoms with van der Waals surface area (Å²) in [5, 5.41) is 3.07. The van der Waals surface area contributed by atoms with Crippen LogP contribution in [0.2, 0.25) is 0 Å². The maximum atomic E-state index is 2.31.